The first kappa shape index (κ1) is 13.4. The van der Waals surface area contributed by atoms with Crippen LogP contribution < -0.4 is 4.90 Å². The number of hydrogen-bond donors (Lipinski definition) is 0. The van der Waals surface area contributed by atoms with E-state index in [9.17, 15) is 4.79 Å². The summed E-state index contributed by atoms with van der Waals surface area (Å²) in [6, 6.07) is 0. The molecular formula is C11H17N3O3. The first-order valence-electron chi connectivity index (χ1n) is 5.34. The molecule has 0 saturated carbocycles. The van der Waals surface area contributed by atoms with E-state index in [-0.39, 0.29) is 5.97 Å². The van der Waals surface area contributed by atoms with Gasteiger partial charge in [-0.2, -0.15) is 0 Å². The molecule has 17 heavy (non-hydrogen) atoms. The maximum atomic E-state index is 11.1. The number of esters is 1. The van der Waals surface area contributed by atoms with Crippen molar-refractivity contribution in [3.05, 3.63) is 18.6 Å². The third-order valence-corrected chi connectivity index (χ3v) is 2.25. The molecule has 0 spiro atoms. The van der Waals surface area contributed by atoms with Crippen LogP contribution in [-0.2, 0) is 14.3 Å². The van der Waals surface area contributed by atoms with Crippen molar-refractivity contribution in [2.45, 2.75) is 6.42 Å². The number of hydrogen-bond acceptors (Lipinski definition) is 6. The second-order valence-corrected chi connectivity index (χ2v) is 3.37. The fourth-order valence-electron chi connectivity index (χ4n) is 1.33. The van der Waals surface area contributed by atoms with E-state index in [2.05, 4.69) is 14.7 Å². The highest BCUT2D eigenvalue weighted by molar-refractivity contribution is 5.69. The van der Waals surface area contributed by atoms with E-state index < -0.39 is 0 Å². The van der Waals surface area contributed by atoms with Crippen molar-refractivity contribution in [3.63, 3.8) is 0 Å². The average Bonchev–Trinajstić information content (AvgIpc) is 2.39. The Kier molecular flexibility index (Phi) is 5.95. The molecular weight excluding hydrogens is 222 g/mol. The number of carbonyl (C=O) groups excluding carboxylic acids is 1. The summed E-state index contributed by atoms with van der Waals surface area (Å²) in [6.45, 7) is 1.76. The zero-order valence-electron chi connectivity index (χ0n) is 10.1. The van der Waals surface area contributed by atoms with E-state index in [1.807, 2.05) is 4.90 Å². The SMILES string of the molecule is COCCN(CCC(=O)OC)c1cnccn1. The molecule has 0 amide bonds. The highest BCUT2D eigenvalue weighted by Gasteiger charge is 2.10. The average molecular weight is 239 g/mol. The Labute approximate surface area is 101 Å². The third-order valence-electron chi connectivity index (χ3n) is 2.25. The zero-order valence-corrected chi connectivity index (χ0v) is 10.1. The van der Waals surface area contributed by atoms with Crippen LogP contribution in [0.25, 0.3) is 0 Å². The van der Waals surface area contributed by atoms with Crippen LogP contribution in [0.5, 0.6) is 0 Å². The highest BCUT2D eigenvalue weighted by atomic mass is 16.5. The summed E-state index contributed by atoms with van der Waals surface area (Å²) in [7, 11) is 3.01. The van der Waals surface area contributed by atoms with Crippen molar-refractivity contribution in [2.75, 3.05) is 38.8 Å². The van der Waals surface area contributed by atoms with Crippen LogP contribution >= 0.6 is 0 Å². The molecule has 1 heterocycles. The van der Waals surface area contributed by atoms with E-state index in [4.69, 9.17) is 4.74 Å². The first-order valence-corrected chi connectivity index (χ1v) is 5.34. The lowest BCUT2D eigenvalue weighted by atomic mass is 10.3. The zero-order chi connectivity index (χ0) is 12.5. The van der Waals surface area contributed by atoms with Gasteiger partial charge >= 0.3 is 5.97 Å². The molecule has 0 aliphatic carbocycles. The fraction of sp³-hybridized carbons (Fsp3) is 0.545. The van der Waals surface area contributed by atoms with Gasteiger partial charge in [-0.3, -0.25) is 9.78 Å². The molecule has 0 fully saturated rings. The normalized spacial score (nSPS) is 10.0. The number of ether oxygens (including phenoxy) is 2. The second-order valence-electron chi connectivity index (χ2n) is 3.37. The lowest BCUT2D eigenvalue weighted by Gasteiger charge is -2.22. The summed E-state index contributed by atoms with van der Waals surface area (Å²) in [4.78, 5) is 21.2. The van der Waals surface area contributed by atoms with E-state index in [1.54, 1.807) is 25.7 Å². The van der Waals surface area contributed by atoms with E-state index >= 15 is 0 Å². The van der Waals surface area contributed by atoms with Gasteiger partial charge in [0.2, 0.25) is 0 Å². The smallest absolute Gasteiger partial charge is 0.307 e. The highest BCUT2D eigenvalue weighted by Crippen LogP contribution is 2.08. The summed E-state index contributed by atoms with van der Waals surface area (Å²) < 4.78 is 9.63. The van der Waals surface area contributed by atoms with Gasteiger partial charge in [-0.1, -0.05) is 0 Å². The van der Waals surface area contributed by atoms with Crippen LogP contribution in [0.3, 0.4) is 0 Å². The summed E-state index contributed by atoms with van der Waals surface area (Å²) in [5.74, 6) is 0.491. The largest absolute Gasteiger partial charge is 0.469 e. The van der Waals surface area contributed by atoms with E-state index in [1.165, 1.54) is 7.11 Å². The van der Waals surface area contributed by atoms with E-state index in [0.29, 0.717) is 26.1 Å². The minimum Gasteiger partial charge on any atom is -0.469 e. The van der Waals surface area contributed by atoms with Gasteiger partial charge in [0, 0.05) is 32.6 Å². The maximum absolute atomic E-state index is 11.1. The Morgan fingerprint density at radius 3 is 2.76 bits per heavy atom. The first-order chi connectivity index (χ1) is 8.27. The Balaban J connectivity index is 2.57. The van der Waals surface area contributed by atoms with Crippen LogP contribution in [-0.4, -0.2) is 49.9 Å². The molecule has 1 aromatic heterocycles. The van der Waals surface area contributed by atoms with Gasteiger partial charge in [0.1, 0.15) is 5.82 Å². The molecule has 0 saturated heterocycles. The van der Waals surface area contributed by atoms with Gasteiger partial charge in [-0.05, 0) is 0 Å². The molecule has 0 bridgehead atoms. The van der Waals surface area contributed by atoms with Crippen molar-refractivity contribution in [1.82, 2.24) is 9.97 Å². The lowest BCUT2D eigenvalue weighted by Crippen LogP contribution is -2.30. The van der Waals surface area contributed by atoms with Crippen molar-refractivity contribution in [3.8, 4) is 0 Å². The lowest BCUT2D eigenvalue weighted by molar-refractivity contribution is -0.140. The molecule has 94 valence electrons. The van der Waals surface area contributed by atoms with Gasteiger partial charge in [-0.15, -0.1) is 0 Å². The van der Waals surface area contributed by atoms with Crippen LogP contribution in [0.4, 0.5) is 5.82 Å². The predicted molar refractivity (Wildman–Crippen MR) is 62.8 cm³/mol. The maximum Gasteiger partial charge on any atom is 0.307 e. The minimum absolute atomic E-state index is 0.240. The molecule has 0 N–H and O–H groups in total. The molecule has 6 nitrogen and oxygen atoms in total. The number of rotatable bonds is 7. The van der Waals surface area contributed by atoms with Gasteiger partial charge in [0.25, 0.3) is 0 Å². The molecule has 0 unspecified atom stereocenters. The Morgan fingerprint density at radius 1 is 1.35 bits per heavy atom. The molecule has 6 heteroatoms. The van der Waals surface area contributed by atoms with Gasteiger partial charge in [0.15, 0.2) is 0 Å². The summed E-state index contributed by atoms with van der Waals surface area (Å²) >= 11 is 0. The molecule has 0 radical (unpaired) electrons. The number of aromatic nitrogens is 2. The van der Waals surface area contributed by atoms with Crippen molar-refractivity contribution < 1.29 is 14.3 Å². The van der Waals surface area contributed by atoms with E-state index in [0.717, 1.165) is 5.82 Å². The Morgan fingerprint density at radius 2 is 2.18 bits per heavy atom. The van der Waals surface area contributed by atoms with Crippen molar-refractivity contribution >= 4 is 11.8 Å². The number of nitrogens with zero attached hydrogens (tertiary/aromatic N) is 3. The monoisotopic (exact) mass is 239 g/mol. The second kappa shape index (κ2) is 7.56. The van der Waals surface area contributed by atoms with Gasteiger partial charge in [-0.25, -0.2) is 4.98 Å². The minimum atomic E-state index is -0.240. The van der Waals surface area contributed by atoms with Gasteiger partial charge in [0.05, 0.1) is 26.3 Å². The predicted octanol–water partition coefficient (Wildman–Crippen LogP) is 0.492. The molecule has 1 aromatic rings. The molecule has 1 rings (SSSR count). The number of methoxy groups -OCH3 is 2. The summed E-state index contributed by atoms with van der Waals surface area (Å²) in [5.41, 5.74) is 0. The quantitative estimate of drug-likeness (QED) is 0.645. The topological polar surface area (TPSA) is 64.5 Å². The van der Waals surface area contributed by atoms with Crippen molar-refractivity contribution in [1.29, 1.82) is 0 Å². The Bertz CT molecular complexity index is 332. The molecule has 0 aliphatic heterocycles. The number of carbonyl (C=O) groups is 1. The Hall–Kier alpha value is -1.69. The molecule has 0 aromatic carbocycles. The van der Waals surface area contributed by atoms with Crippen molar-refractivity contribution in [2.24, 2.45) is 0 Å². The van der Waals surface area contributed by atoms with Crippen LogP contribution in [0.1, 0.15) is 6.42 Å². The van der Waals surface area contributed by atoms with Gasteiger partial charge < -0.3 is 14.4 Å². The van der Waals surface area contributed by atoms with Crippen LogP contribution in [0.2, 0.25) is 0 Å². The summed E-state index contributed by atoms with van der Waals surface area (Å²) in [6.07, 6.45) is 5.20. The number of anilines is 1. The third kappa shape index (κ3) is 4.78. The fourth-order valence-corrected chi connectivity index (χ4v) is 1.33. The molecule has 0 atom stereocenters. The molecule has 0 aliphatic rings. The van der Waals surface area contributed by atoms with Crippen LogP contribution in [0.15, 0.2) is 18.6 Å². The van der Waals surface area contributed by atoms with Crippen LogP contribution in [0, 0.1) is 0 Å². The summed E-state index contributed by atoms with van der Waals surface area (Å²) in [5, 5.41) is 0. The standard InChI is InChI=1S/C11H17N3O3/c1-16-8-7-14(6-3-11(15)17-2)10-9-12-4-5-13-10/h4-5,9H,3,6-8H2,1-2H3.